The van der Waals surface area contributed by atoms with Gasteiger partial charge in [0.25, 0.3) is 0 Å². The van der Waals surface area contributed by atoms with Crippen LogP contribution >= 0.6 is 11.8 Å². The average molecular weight is 468 g/mol. The third-order valence-corrected chi connectivity index (χ3v) is 6.11. The van der Waals surface area contributed by atoms with Crippen molar-refractivity contribution in [2.24, 2.45) is 0 Å². The zero-order chi connectivity index (χ0) is 23.0. The number of piperazine rings is 1. The van der Waals surface area contributed by atoms with Crippen molar-refractivity contribution in [3.63, 3.8) is 0 Å². The molecule has 1 N–H and O–H groups in total. The van der Waals surface area contributed by atoms with Crippen LogP contribution in [-0.2, 0) is 4.79 Å². The van der Waals surface area contributed by atoms with Crippen LogP contribution in [0.4, 0.5) is 21.6 Å². The van der Waals surface area contributed by atoms with Crippen LogP contribution in [0.3, 0.4) is 0 Å². The molecule has 4 rings (SSSR count). The fraction of sp³-hybridized carbons (Fsp3) is 0.292. The van der Waals surface area contributed by atoms with E-state index in [0.717, 1.165) is 43.4 Å². The minimum absolute atomic E-state index is 0.169. The molecule has 0 atom stereocenters. The van der Waals surface area contributed by atoms with Gasteiger partial charge < -0.3 is 19.9 Å². The summed E-state index contributed by atoms with van der Waals surface area (Å²) < 4.78 is 19.0. The van der Waals surface area contributed by atoms with Gasteiger partial charge in [0.1, 0.15) is 16.6 Å². The molecule has 2 aromatic carbocycles. The van der Waals surface area contributed by atoms with Crippen LogP contribution < -0.4 is 19.9 Å². The van der Waals surface area contributed by atoms with E-state index in [1.165, 1.54) is 23.9 Å². The Balaban J connectivity index is 1.27. The zero-order valence-electron chi connectivity index (χ0n) is 18.4. The van der Waals surface area contributed by atoms with Gasteiger partial charge in [-0.25, -0.2) is 4.39 Å². The van der Waals surface area contributed by atoms with Gasteiger partial charge in [-0.3, -0.25) is 4.79 Å². The van der Waals surface area contributed by atoms with E-state index in [0.29, 0.717) is 17.3 Å². The van der Waals surface area contributed by atoms with E-state index in [9.17, 15) is 9.18 Å². The first-order valence-corrected chi connectivity index (χ1v) is 11.8. The molecule has 1 aliphatic heterocycles. The topological polar surface area (TPSA) is 70.6 Å². The summed E-state index contributed by atoms with van der Waals surface area (Å²) in [4.78, 5) is 16.6. The Morgan fingerprint density at radius 3 is 2.55 bits per heavy atom. The second kappa shape index (κ2) is 11.0. The van der Waals surface area contributed by atoms with Crippen molar-refractivity contribution in [1.29, 1.82) is 0 Å². The third-order valence-electron chi connectivity index (χ3n) is 5.19. The Morgan fingerprint density at radius 1 is 1.03 bits per heavy atom. The molecule has 1 amide bonds. The Hall–Kier alpha value is -3.33. The maximum atomic E-state index is 13.2. The molecule has 1 fully saturated rings. The fourth-order valence-electron chi connectivity index (χ4n) is 3.63. The smallest absolute Gasteiger partial charge is 0.234 e. The van der Waals surface area contributed by atoms with Gasteiger partial charge in [-0.1, -0.05) is 30.0 Å². The van der Waals surface area contributed by atoms with Crippen LogP contribution in [0, 0.1) is 5.82 Å². The van der Waals surface area contributed by atoms with Crippen LogP contribution in [0.5, 0.6) is 5.75 Å². The Morgan fingerprint density at radius 2 is 1.82 bits per heavy atom. The van der Waals surface area contributed by atoms with Crippen LogP contribution in [0.25, 0.3) is 0 Å². The summed E-state index contributed by atoms with van der Waals surface area (Å²) in [5, 5.41) is 12.0. The standard InChI is InChI=1S/C24H26FN5O2S/c1-2-32-21-9-4-3-8-20(21)29-12-14-30(15-13-29)22-10-11-24(28-27-22)33-17-23(31)26-19-7-5-6-18(25)16-19/h3-11,16H,2,12-15,17H2,1H3,(H,26,31). The number of nitrogens with one attached hydrogen (secondary N) is 1. The molecular weight excluding hydrogens is 441 g/mol. The van der Waals surface area contributed by atoms with E-state index >= 15 is 0 Å². The number of amides is 1. The number of hydrogen-bond donors (Lipinski definition) is 1. The Kier molecular flexibility index (Phi) is 7.62. The summed E-state index contributed by atoms with van der Waals surface area (Å²) in [6.07, 6.45) is 0. The molecule has 0 radical (unpaired) electrons. The highest BCUT2D eigenvalue weighted by molar-refractivity contribution is 7.99. The first-order chi connectivity index (χ1) is 16.1. The molecule has 172 valence electrons. The molecule has 0 aliphatic carbocycles. The molecule has 2 heterocycles. The van der Waals surface area contributed by atoms with Crippen molar-refractivity contribution >= 4 is 34.9 Å². The number of carbonyl (C=O) groups excluding carboxylic acids is 1. The summed E-state index contributed by atoms with van der Waals surface area (Å²) in [7, 11) is 0. The van der Waals surface area contributed by atoms with Crippen molar-refractivity contribution in [2.45, 2.75) is 11.9 Å². The molecule has 0 saturated carbocycles. The Bertz CT molecular complexity index is 1070. The molecule has 3 aromatic rings. The quantitative estimate of drug-likeness (QED) is 0.501. The Labute approximate surface area is 197 Å². The van der Waals surface area contributed by atoms with E-state index in [1.807, 2.05) is 37.3 Å². The number of thioether (sulfide) groups is 1. The van der Waals surface area contributed by atoms with Gasteiger partial charge in [0.05, 0.1) is 18.0 Å². The molecule has 7 nitrogen and oxygen atoms in total. The highest BCUT2D eigenvalue weighted by Crippen LogP contribution is 2.29. The number of aromatic nitrogens is 2. The number of para-hydroxylation sites is 2. The lowest BCUT2D eigenvalue weighted by Gasteiger charge is -2.37. The lowest BCUT2D eigenvalue weighted by Crippen LogP contribution is -2.47. The number of hydrogen-bond acceptors (Lipinski definition) is 7. The number of rotatable bonds is 8. The van der Waals surface area contributed by atoms with Crippen LogP contribution in [0.2, 0.25) is 0 Å². The van der Waals surface area contributed by atoms with Gasteiger partial charge >= 0.3 is 0 Å². The van der Waals surface area contributed by atoms with Gasteiger partial charge in [0, 0.05) is 31.9 Å². The largest absolute Gasteiger partial charge is 0.492 e. The van der Waals surface area contributed by atoms with Gasteiger partial charge in [0.15, 0.2) is 5.82 Å². The molecule has 0 bridgehead atoms. The predicted octanol–water partition coefficient (Wildman–Crippen LogP) is 4.07. The normalized spacial score (nSPS) is 13.6. The maximum absolute atomic E-state index is 13.2. The molecule has 0 unspecified atom stereocenters. The maximum Gasteiger partial charge on any atom is 0.234 e. The van der Waals surface area contributed by atoms with E-state index in [1.54, 1.807) is 12.1 Å². The molecule has 33 heavy (non-hydrogen) atoms. The number of carbonyl (C=O) groups is 1. The fourth-order valence-corrected chi connectivity index (χ4v) is 4.25. The van der Waals surface area contributed by atoms with Crippen molar-refractivity contribution in [3.8, 4) is 5.75 Å². The van der Waals surface area contributed by atoms with E-state index in [2.05, 4.69) is 31.4 Å². The summed E-state index contributed by atoms with van der Waals surface area (Å²) in [6.45, 7) is 6.02. The highest BCUT2D eigenvalue weighted by Gasteiger charge is 2.21. The van der Waals surface area contributed by atoms with Crippen molar-refractivity contribution < 1.29 is 13.9 Å². The van der Waals surface area contributed by atoms with Gasteiger partial charge in [-0.05, 0) is 49.4 Å². The SMILES string of the molecule is CCOc1ccccc1N1CCN(c2ccc(SCC(=O)Nc3cccc(F)c3)nn2)CC1. The molecule has 1 saturated heterocycles. The first kappa shape index (κ1) is 22.8. The van der Waals surface area contributed by atoms with E-state index in [-0.39, 0.29) is 17.5 Å². The molecule has 9 heteroatoms. The number of benzene rings is 2. The second-order valence-corrected chi connectivity index (χ2v) is 8.45. The number of halogens is 1. The number of nitrogens with zero attached hydrogens (tertiary/aromatic N) is 4. The molecular formula is C24H26FN5O2S. The minimum Gasteiger partial charge on any atom is -0.492 e. The van der Waals surface area contributed by atoms with Gasteiger partial charge in [-0.2, -0.15) is 0 Å². The predicted molar refractivity (Wildman–Crippen MR) is 130 cm³/mol. The minimum atomic E-state index is -0.388. The molecule has 1 aliphatic rings. The van der Waals surface area contributed by atoms with Crippen LogP contribution in [-0.4, -0.2) is 54.6 Å². The lowest BCUT2D eigenvalue weighted by molar-refractivity contribution is -0.113. The monoisotopic (exact) mass is 467 g/mol. The third kappa shape index (κ3) is 6.13. The van der Waals surface area contributed by atoms with Gasteiger partial charge in [-0.15, -0.1) is 10.2 Å². The average Bonchev–Trinajstić information content (AvgIpc) is 2.84. The first-order valence-electron chi connectivity index (χ1n) is 10.9. The van der Waals surface area contributed by atoms with E-state index in [4.69, 9.17) is 4.74 Å². The zero-order valence-corrected chi connectivity index (χ0v) is 19.2. The number of ether oxygens (including phenoxy) is 1. The van der Waals surface area contributed by atoms with Crippen molar-refractivity contribution in [2.75, 3.05) is 53.7 Å². The second-order valence-electron chi connectivity index (χ2n) is 7.45. The van der Waals surface area contributed by atoms with Crippen molar-refractivity contribution in [1.82, 2.24) is 10.2 Å². The van der Waals surface area contributed by atoms with Crippen LogP contribution in [0.15, 0.2) is 65.7 Å². The summed E-state index contributed by atoms with van der Waals surface area (Å²) in [5.74, 6) is 1.29. The summed E-state index contributed by atoms with van der Waals surface area (Å²) in [6, 6.07) is 17.8. The van der Waals surface area contributed by atoms with E-state index < -0.39 is 0 Å². The lowest BCUT2D eigenvalue weighted by atomic mass is 10.2. The number of anilines is 3. The van der Waals surface area contributed by atoms with Crippen molar-refractivity contribution in [3.05, 3.63) is 66.5 Å². The molecule has 1 aromatic heterocycles. The van der Waals surface area contributed by atoms with Gasteiger partial charge in [0.2, 0.25) is 5.91 Å². The molecule has 0 spiro atoms. The summed E-state index contributed by atoms with van der Waals surface area (Å²) in [5.41, 5.74) is 1.55. The van der Waals surface area contributed by atoms with Crippen LogP contribution in [0.1, 0.15) is 6.92 Å². The summed E-state index contributed by atoms with van der Waals surface area (Å²) >= 11 is 1.29. The highest BCUT2D eigenvalue weighted by atomic mass is 32.2.